The number of rotatable bonds is 4. The molecule has 0 bridgehead atoms. The van der Waals surface area contributed by atoms with E-state index in [0.717, 1.165) is 32.8 Å². The Hall–Kier alpha value is -0.110. The van der Waals surface area contributed by atoms with Crippen LogP contribution in [0.1, 0.15) is 13.8 Å². The number of hydrogen-bond acceptors (Lipinski definition) is 5. The average molecular weight is 344 g/mol. The standard InChI is InChI=1S/C13H25N3O3.2ClH/c1-13(2,16-4-7-18-8-5-16)10-15-12(17)11-9-14-3-6-19-11;;/h11,14H,3-10H2,1-2H3,(H,15,17);2*1H. The minimum atomic E-state index is -0.353. The number of ether oxygens (including phenoxy) is 2. The highest BCUT2D eigenvalue weighted by Crippen LogP contribution is 2.15. The first-order chi connectivity index (χ1) is 9.09. The molecule has 0 aromatic rings. The maximum Gasteiger partial charge on any atom is 0.250 e. The van der Waals surface area contributed by atoms with Crippen LogP contribution >= 0.6 is 24.8 Å². The highest BCUT2D eigenvalue weighted by Gasteiger charge is 2.30. The zero-order valence-corrected chi connectivity index (χ0v) is 14.4. The van der Waals surface area contributed by atoms with Gasteiger partial charge in [0.25, 0.3) is 5.91 Å². The molecule has 1 unspecified atom stereocenters. The normalized spacial score (nSPS) is 23.6. The highest BCUT2D eigenvalue weighted by molar-refractivity contribution is 5.85. The second-order valence-corrected chi connectivity index (χ2v) is 5.69. The predicted molar refractivity (Wildman–Crippen MR) is 86.6 cm³/mol. The molecule has 2 saturated heterocycles. The Morgan fingerprint density at radius 2 is 1.95 bits per heavy atom. The first-order valence-corrected chi connectivity index (χ1v) is 7.02. The van der Waals surface area contributed by atoms with Crippen molar-refractivity contribution >= 4 is 30.7 Å². The van der Waals surface area contributed by atoms with E-state index in [0.29, 0.717) is 19.7 Å². The van der Waals surface area contributed by atoms with Gasteiger partial charge in [-0.1, -0.05) is 0 Å². The van der Waals surface area contributed by atoms with Crippen molar-refractivity contribution in [3.63, 3.8) is 0 Å². The number of halogens is 2. The van der Waals surface area contributed by atoms with E-state index in [1.165, 1.54) is 0 Å². The van der Waals surface area contributed by atoms with Crippen LogP contribution in [0.25, 0.3) is 0 Å². The number of nitrogens with zero attached hydrogens (tertiary/aromatic N) is 1. The van der Waals surface area contributed by atoms with Crippen molar-refractivity contribution in [3.05, 3.63) is 0 Å². The Bertz CT molecular complexity index is 307. The topological polar surface area (TPSA) is 62.8 Å². The third kappa shape index (κ3) is 6.26. The number of nitrogens with one attached hydrogen (secondary N) is 2. The number of hydrogen-bond donors (Lipinski definition) is 2. The lowest BCUT2D eigenvalue weighted by Crippen LogP contribution is -2.57. The van der Waals surface area contributed by atoms with E-state index in [-0.39, 0.29) is 42.4 Å². The summed E-state index contributed by atoms with van der Waals surface area (Å²) in [6.07, 6.45) is -0.353. The Balaban J connectivity index is 0.00000200. The molecule has 0 aliphatic carbocycles. The van der Waals surface area contributed by atoms with Crippen LogP contribution in [0.15, 0.2) is 0 Å². The fraction of sp³-hybridized carbons (Fsp3) is 0.923. The summed E-state index contributed by atoms with van der Waals surface area (Å²) in [7, 11) is 0. The van der Waals surface area contributed by atoms with Gasteiger partial charge in [-0.25, -0.2) is 0 Å². The summed E-state index contributed by atoms with van der Waals surface area (Å²) in [6, 6.07) is 0. The molecule has 0 radical (unpaired) electrons. The fourth-order valence-corrected chi connectivity index (χ4v) is 2.43. The summed E-state index contributed by atoms with van der Waals surface area (Å²) in [6.45, 7) is 10.3. The smallest absolute Gasteiger partial charge is 0.250 e. The molecule has 2 aliphatic rings. The summed E-state index contributed by atoms with van der Waals surface area (Å²) in [5, 5.41) is 6.17. The lowest BCUT2D eigenvalue weighted by atomic mass is 10.0. The van der Waals surface area contributed by atoms with Crippen molar-refractivity contribution in [3.8, 4) is 0 Å². The van der Waals surface area contributed by atoms with Gasteiger partial charge >= 0.3 is 0 Å². The molecular formula is C13H27Cl2N3O3. The van der Waals surface area contributed by atoms with Gasteiger partial charge < -0.3 is 20.1 Å². The second kappa shape index (κ2) is 9.82. The Labute approximate surface area is 139 Å². The van der Waals surface area contributed by atoms with Gasteiger partial charge in [0.1, 0.15) is 6.10 Å². The molecule has 2 N–H and O–H groups in total. The molecule has 126 valence electrons. The molecule has 1 atom stereocenters. The van der Waals surface area contributed by atoms with Gasteiger partial charge in [-0.3, -0.25) is 9.69 Å². The molecule has 21 heavy (non-hydrogen) atoms. The van der Waals surface area contributed by atoms with E-state index in [1.807, 2.05) is 0 Å². The predicted octanol–water partition coefficient (Wildman–Crippen LogP) is 0.0454. The van der Waals surface area contributed by atoms with E-state index in [1.54, 1.807) is 0 Å². The van der Waals surface area contributed by atoms with Crippen molar-refractivity contribution in [1.82, 2.24) is 15.5 Å². The Morgan fingerprint density at radius 1 is 1.29 bits per heavy atom. The molecule has 2 aliphatic heterocycles. The van der Waals surface area contributed by atoms with Crippen LogP contribution in [-0.2, 0) is 14.3 Å². The van der Waals surface area contributed by atoms with E-state index in [2.05, 4.69) is 29.4 Å². The zero-order valence-electron chi connectivity index (χ0n) is 12.7. The van der Waals surface area contributed by atoms with E-state index >= 15 is 0 Å². The van der Waals surface area contributed by atoms with Crippen molar-refractivity contribution in [2.75, 3.05) is 52.5 Å². The summed E-state index contributed by atoms with van der Waals surface area (Å²) in [5.74, 6) is -0.0199. The number of amides is 1. The molecule has 1 amide bonds. The molecule has 0 saturated carbocycles. The van der Waals surface area contributed by atoms with Crippen LogP contribution in [0.4, 0.5) is 0 Å². The molecule has 0 spiro atoms. The number of carbonyl (C=O) groups excluding carboxylic acids is 1. The van der Waals surface area contributed by atoms with Crippen molar-refractivity contribution in [2.45, 2.75) is 25.5 Å². The first-order valence-electron chi connectivity index (χ1n) is 7.02. The van der Waals surface area contributed by atoms with Crippen LogP contribution in [-0.4, -0.2) is 75.0 Å². The Kier molecular flexibility index (Phi) is 9.76. The van der Waals surface area contributed by atoms with Gasteiger partial charge in [0.2, 0.25) is 0 Å². The zero-order chi connectivity index (χ0) is 13.7. The lowest BCUT2D eigenvalue weighted by Gasteiger charge is -2.41. The summed E-state index contributed by atoms with van der Waals surface area (Å²) >= 11 is 0. The molecule has 2 heterocycles. The van der Waals surface area contributed by atoms with E-state index in [9.17, 15) is 4.79 Å². The lowest BCUT2D eigenvalue weighted by molar-refractivity contribution is -0.135. The van der Waals surface area contributed by atoms with Crippen LogP contribution in [0.3, 0.4) is 0 Å². The second-order valence-electron chi connectivity index (χ2n) is 5.69. The van der Waals surface area contributed by atoms with Gasteiger partial charge in [-0.15, -0.1) is 24.8 Å². The van der Waals surface area contributed by atoms with Crippen LogP contribution in [0.5, 0.6) is 0 Å². The maximum atomic E-state index is 12.0. The van der Waals surface area contributed by atoms with Gasteiger partial charge in [0.05, 0.1) is 19.8 Å². The molecule has 2 rings (SSSR count). The van der Waals surface area contributed by atoms with Gasteiger partial charge in [-0.05, 0) is 13.8 Å². The summed E-state index contributed by atoms with van der Waals surface area (Å²) in [4.78, 5) is 14.4. The minimum absolute atomic E-state index is 0. The van der Waals surface area contributed by atoms with Gasteiger partial charge in [-0.2, -0.15) is 0 Å². The summed E-state index contributed by atoms with van der Waals surface area (Å²) < 4.78 is 10.8. The number of carbonyl (C=O) groups is 1. The molecule has 8 heteroatoms. The largest absolute Gasteiger partial charge is 0.379 e. The van der Waals surface area contributed by atoms with Crippen LogP contribution < -0.4 is 10.6 Å². The third-order valence-electron chi connectivity index (χ3n) is 3.78. The van der Waals surface area contributed by atoms with Crippen molar-refractivity contribution < 1.29 is 14.3 Å². The van der Waals surface area contributed by atoms with Gasteiger partial charge in [0.15, 0.2) is 0 Å². The molecular weight excluding hydrogens is 317 g/mol. The maximum absolute atomic E-state index is 12.0. The number of morpholine rings is 2. The molecule has 0 aromatic heterocycles. The summed E-state index contributed by atoms with van der Waals surface area (Å²) in [5.41, 5.74) is -0.0540. The third-order valence-corrected chi connectivity index (χ3v) is 3.78. The van der Waals surface area contributed by atoms with Crippen LogP contribution in [0, 0.1) is 0 Å². The highest BCUT2D eigenvalue weighted by atomic mass is 35.5. The molecule has 6 nitrogen and oxygen atoms in total. The Morgan fingerprint density at radius 3 is 2.52 bits per heavy atom. The fourth-order valence-electron chi connectivity index (χ4n) is 2.43. The average Bonchev–Trinajstić information content (AvgIpc) is 2.47. The van der Waals surface area contributed by atoms with E-state index in [4.69, 9.17) is 9.47 Å². The SMILES string of the molecule is CC(C)(CNC(=O)C1CNCCO1)N1CCOCC1.Cl.Cl. The minimum Gasteiger partial charge on any atom is -0.379 e. The van der Waals surface area contributed by atoms with E-state index < -0.39 is 0 Å². The van der Waals surface area contributed by atoms with Crippen molar-refractivity contribution in [1.29, 1.82) is 0 Å². The monoisotopic (exact) mass is 343 g/mol. The van der Waals surface area contributed by atoms with Crippen molar-refractivity contribution in [2.24, 2.45) is 0 Å². The van der Waals surface area contributed by atoms with Gasteiger partial charge in [0, 0.05) is 38.3 Å². The quantitative estimate of drug-likeness (QED) is 0.754. The molecule has 0 aromatic carbocycles. The molecule has 2 fully saturated rings. The first kappa shape index (κ1) is 20.9. The van der Waals surface area contributed by atoms with Crippen LogP contribution in [0.2, 0.25) is 0 Å².